The number of hydrogen-bond donors (Lipinski definition) is 4. The number of aromatic nitrogens is 1. The van der Waals surface area contributed by atoms with Gasteiger partial charge < -0.3 is 30.0 Å². The van der Waals surface area contributed by atoms with Gasteiger partial charge >= 0.3 is 0 Å². The normalized spacial score (nSPS) is 11.5. The van der Waals surface area contributed by atoms with Crippen LogP contribution in [0.5, 0.6) is 17.5 Å². The number of amides is 1. The molecule has 9 heteroatoms. The highest BCUT2D eigenvalue weighted by atomic mass is 16.3. The van der Waals surface area contributed by atoms with Crippen molar-refractivity contribution >= 4 is 28.7 Å². The minimum Gasteiger partial charge on any atom is -0.505 e. The lowest BCUT2D eigenvalue weighted by Crippen LogP contribution is -2.21. The van der Waals surface area contributed by atoms with E-state index in [1.165, 1.54) is 30.3 Å². The maximum Gasteiger partial charge on any atom is 0.257 e. The first-order valence-corrected chi connectivity index (χ1v) is 8.72. The van der Waals surface area contributed by atoms with Crippen LogP contribution in [0.4, 0.5) is 17.1 Å². The van der Waals surface area contributed by atoms with Crippen LogP contribution in [-0.4, -0.2) is 50.5 Å². The molecule has 0 bridgehead atoms. The molecule has 2 heterocycles. The summed E-state index contributed by atoms with van der Waals surface area (Å²) in [5, 5.41) is 34.3. The van der Waals surface area contributed by atoms with Crippen molar-refractivity contribution in [3.8, 4) is 17.5 Å². The Morgan fingerprint density at radius 1 is 1.14 bits per heavy atom. The molecule has 2 aromatic heterocycles. The van der Waals surface area contributed by atoms with E-state index in [1.807, 2.05) is 0 Å². The summed E-state index contributed by atoms with van der Waals surface area (Å²) >= 11 is 0. The fraction of sp³-hybridized carbons (Fsp3) is 0.200. The summed E-state index contributed by atoms with van der Waals surface area (Å²) in [6.45, 7) is 1.69. The number of furan rings is 1. The van der Waals surface area contributed by atoms with Gasteiger partial charge in [-0.1, -0.05) is 6.07 Å². The summed E-state index contributed by atoms with van der Waals surface area (Å²) in [6, 6.07) is 8.05. The third kappa shape index (κ3) is 3.62. The molecule has 0 atom stereocenters. The number of carbonyl (C=O) groups is 1. The second-order valence-corrected chi connectivity index (χ2v) is 6.63. The third-order valence-electron chi connectivity index (χ3n) is 4.40. The maximum absolute atomic E-state index is 12.3. The number of hydrogen-bond acceptors (Lipinski definition) is 7. The van der Waals surface area contributed by atoms with Gasteiger partial charge in [0, 0.05) is 21.1 Å². The molecule has 0 fully saturated rings. The average Bonchev–Trinajstić information content (AvgIpc) is 3.29. The number of para-hydroxylation sites is 1. The highest BCUT2D eigenvalue weighted by molar-refractivity contribution is 6.01. The predicted molar refractivity (Wildman–Crippen MR) is 109 cm³/mol. The third-order valence-corrected chi connectivity index (χ3v) is 4.40. The summed E-state index contributed by atoms with van der Waals surface area (Å²) in [7, 11) is 4.61. The number of nitrogens with zero attached hydrogens (tertiary/aromatic N) is 3. The quantitative estimate of drug-likeness (QED) is 0.386. The van der Waals surface area contributed by atoms with Gasteiger partial charge in [0.2, 0.25) is 11.8 Å². The minimum absolute atomic E-state index is 0.0580. The topological polar surface area (TPSA) is 123 Å². The fourth-order valence-corrected chi connectivity index (χ4v) is 2.77. The molecule has 0 spiro atoms. The smallest absolute Gasteiger partial charge is 0.257 e. The lowest BCUT2D eigenvalue weighted by Gasteiger charge is -2.14. The van der Waals surface area contributed by atoms with Crippen LogP contribution in [0.3, 0.4) is 0 Å². The molecule has 0 aliphatic carbocycles. The van der Waals surface area contributed by atoms with Crippen molar-refractivity contribution in [2.45, 2.75) is 6.92 Å². The van der Waals surface area contributed by atoms with Crippen LogP contribution >= 0.6 is 0 Å². The zero-order chi connectivity index (χ0) is 21.3. The van der Waals surface area contributed by atoms with Gasteiger partial charge in [0.1, 0.15) is 11.4 Å². The molecule has 3 aromatic rings. The van der Waals surface area contributed by atoms with Crippen molar-refractivity contribution < 1.29 is 24.5 Å². The lowest BCUT2D eigenvalue weighted by atomic mass is 10.1. The molecule has 9 nitrogen and oxygen atoms in total. The van der Waals surface area contributed by atoms with Gasteiger partial charge in [-0.3, -0.25) is 9.36 Å². The van der Waals surface area contributed by atoms with Gasteiger partial charge in [0.05, 0.1) is 23.2 Å². The molecular formula is C20H22N4O5. The average molecular weight is 398 g/mol. The van der Waals surface area contributed by atoms with Gasteiger partial charge in [-0.25, -0.2) is 4.99 Å². The van der Waals surface area contributed by atoms with Crippen LogP contribution in [0.1, 0.15) is 23.0 Å². The van der Waals surface area contributed by atoms with Crippen LogP contribution in [0.25, 0.3) is 0 Å². The van der Waals surface area contributed by atoms with Gasteiger partial charge in [-0.15, -0.1) is 0 Å². The van der Waals surface area contributed by atoms with Crippen molar-refractivity contribution in [1.29, 1.82) is 0 Å². The summed E-state index contributed by atoms with van der Waals surface area (Å²) in [6.07, 6.45) is 1.50. The minimum atomic E-state index is -0.377. The Hall–Kier alpha value is -3.88. The fourth-order valence-electron chi connectivity index (χ4n) is 2.77. The number of phenolic OH excluding ortho intramolecular Hbond substituents is 1. The first kappa shape index (κ1) is 19.9. The van der Waals surface area contributed by atoms with Crippen molar-refractivity contribution in [2.24, 2.45) is 12.0 Å². The van der Waals surface area contributed by atoms with E-state index in [4.69, 9.17) is 4.42 Å². The van der Waals surface area contributed by atoms with E-state index in [2.05, 4.69) is 10.3 Å². The molecular weight excluding hydrogens is 376 g/mol. The van der Waals surface area contributed by atoms with Crippen LogP contribution in [0.15, 0.2) is 46.0 Å². The summed E-state index contributed by atoms with van der Waals surface area (Å²) in [4.78, 5) is 18.0. The summed E-state index contributed by atoms with van der Waals surface area (Å²) in [5.74, 6) is -0.738. The number of nitrogens with one attached hydrogen (secondary N) is 1. The molecule has 0 unspecified atom stereocenters. The van der Waals surface area contributed by atoms with E-state index in [9.17, 15) is 20.1 Å². The SMILES string of the molecule is CC(=Nc1c(Nc2cccc(C(=O)N(C)C)c2O)c(O)n(C)c1O)c1ccco1. The Bertz CT molecular complexity index is 1080. The lowest BCUT2D eigenvalue weighted by molar-refractivity contribution is 0.0824. The molecule has 152 valence electrons. The van der Waals surface area contributed by atoms with Crippen LogP contribution in [0, 0.1) is 0 Å². The zero-order valence-electron chi connectivity index (χ0n) is 16.5. The monoisotopic (exact) mass is 398 g/mol. The van der Waals surface area contributed by atoms with Crippen LogP contribution < -0.4 is 5.32 Å². The molecule has 0 aliphatic rings. The Kier molecular flexibility index (Phi) is 5.22. The zero-order valence-corrected chi connectivity index (χ0v) is 16.5. The van der Waals surface area contributed by atoms with E-state index in [0.29, 0.717) is 11.5 Å². The number of aromatic hydroxyl groups is 3. The standard InChI is InChI=1S/C20H22N4O5/c1-11(14-9-6-10-29-14)21-15-16(20(28)24(4)19(15)27)22-13-8-5-7-12(17(13)25)18(26)23(2)3/h5-10,22,25,27-28H,1-4H3. The number of carbonyl (C=O) groups excluding carboxylic acids is 1. The van der Waals surface area contributed by atoms with Crippen molar-refractivity contribution in [3.63, 3.8) is 0 Å². The predicted octanol–water partition coefficient (Wildman–Crippen LogP) is 3.32. The summed E-state index contributed by atoms with van der Waals surface area (Å²) < 4.78 is 6.44. The van der Waals surface area contributed by atoms with Gasteiger partial charge in [0.15, 0.2) is 11.4 Å². The van der Waals surface area contributed by atoms with Crippen LogP contribution in [-0.2, 0) is 7.05 Å². The second-order valence-electron chi connectivity index (χ2n) is 6.63. The largest absolute Gasteiger partial charge is 0.505 e. The van der Waals surface area contributed by atoms with Crippen molar-refractivity contribution in [2.75, 3.05) is 19.4 Å². The molecule has 0 saturated heterocycles. The Morgan fingerprint density at radius 3 is 2.48 bits per heavy atom. The van der Waals surface area contributed by atoms with Gasteiger partial charge in [-0.05, 0) is 31.2 Å². The van der Waals surface area contributed by atoms with Gasteiger partial charge in [0.25, 0.3) is 5.91 Å². The number of anilines is 2. The molecule has 29 heavy (non-hydrogen) atoms. The Morgan fingerprint density at radius 2 is 1.86 bits per heavy atom. The molecule has 1 aromatic carbocycles. The number of benzene rings is 1. The highest BCUT2D eigenvalue weighted by Crippen LogP contribution is 2.47. The Balaban J connectivity index is 2.07. The van der Waals surface area contributed by atoms with E-state index in [-0.39, 0.29) is 46.0 Å². The molecule has 0 radical (unpaired) electrons. The van der Waals surface area contributed by atoms with E-state index < -0.39 is 0 Å². The van der Waals surface area contributed by atoms with Crippen molar-refractivity contribution in [1.82, 2.24) is 9.47 Å². The number of phenols is 1. The molecule has 3 rings (SSSR count). The first-order valence-electron chi connectivity index (χ1n) is 8.72. The van der Waals surface area contributed by atoms with Gasteiger partial charge in [-0.2, -0.15) is 0 Å². The number of aliphatic imine (C=N–C) groups is 1. The molecule has 4 N–H and O–H groups in total. The first-order chi connectivity index (χ1) is 13.7. The second kappa shape index (κ2) is 7.63. The van der Waals surface area contributed by atoms with E-state index in [0.717, 1.165) is 4.57 Å². The molecule has 1 amide bonds. The highest BCUT2D eigenvalue weighted by Gasteiger charge is 2.23. The molecule has 0 saturated carbocycles. The van der Waals surface area contributed by atoms with Crippen LogP contribution in [0.2, 0.25) is 0 Å². The van der Waals surface area contributed by atoms with Crippen molar-refractivity contribution in [3.05, 3.63) is 47.9 Å². The maximum atomic E-state index is 12.3. The molecule has 0 aliphatic heterocycles. The Labute approximate surface area is 167 Å². The summed E-state index contributed by atoms with van der Waals surface area (Å²) in [5.41, 5.74) is 0.866. The van der Waals surface area contributed by atoms with E-state index >= 15 is 0 Å². The van der Waals surface area contributed by atoms with E-state index in [1.54, 1.807) is 39.2 Å². The number of rotatable bonds is 5.